The van der Waals surface area contributed by atoms with E-state index in [1.807, 2.05) is 0 Å². The zero-order valence-corrected chi connectivity index (χ0v) is 5.99. The minimum atomic E-state index is -0.998. The molecule has 56 valence electrons. The summed E-state index contributed by atoms with van der Waals surface area (Å²) in [6.07, 6.45) is 0. The Morgan fingerprint density at radius 2 is 2.00 bits per heavy atom. The van der Waals surface area contributed by atoms with Crippen LogP contribution in [0.2, 0.25) is 5.02 Å². The molecule has 4 heteroatoms. The third-order valence-electron chi connectivity index (χ3n) is 1.14. The predicted molar refractivity (Wildman–Crippen MR) is 37.6 cm³/mol. The van der Waals surface area contributed by atoms with Crippen molar-refractivity contribution in [1.29, 1.82) is 0 Å². The zero-order valence-electron chi connectivity index (χ0n) is 5.24. The highest BCUT2D eigenvalue weighted by atomic mass is 35.5. The maximum atomic E-state index is 12.7. The maximum absolute atomic E-state index is 12.7. The van der Waals surface area contributed by atoms with Gasteiger partial charge in [-0.15, -0.1) is 0 Å². The molecule has 1 aromatic rings. The van der Waals surface area contributed by atoms with Crippen molar-refractivity contribution in [2.45, 2.75) is 0 Å². The van der Waals surface area contributed by atoms with Crippen LogP contribution in [-0.4, -0.2) is 0 Å². The van der Waals surface area contributed by atoms with Gasteiger partial charge in [0.15, 0.2) is 5.82 Å². The van der Waals surface area contributed by atoms with Gasteiger partial charge in [0.1, 0.15) is 10.8 Å². The lowest BCUT2D eigenvalue weighted by Crippen LogP contribution is -1.81. The van der Waals surface area contributed by atoms with Gasteiger partial charge in [-0.1, -0.05) is 17.7 Å². The van der Waals surface area contributed by atoms with Gasteiger partial charge in [0.05, 0.1) is 6.57 Å². The summed E-state index contributed by atoms with van der Waals surface area (Å²) >= 11 is 5.17. The predicted octanol–water partition coefficient (Wildman–Crippen LogP) is 3.17. The first-order valence-corrected chi connectivity index (χ1v) is 3.05. The van der Waals surface area contributed by atoms with Crippen molar-refractivity contribution in [2.75, 3.05) is 0 Å². The third kappa shape index (κ3) is 1.31. The minimum absolute atomic E-state index is 0.267. The second kappa shape index (κ2) is 2.85. The van der Waals surface area contributed by atoms with Crippen LogP contribution >= 0.6 is 11.6 Å². The van der Waals surface area contributed by atoms with Gasteiger partial charge >= 0.3 is 0 Å². The molecule has 1 rings (SSSR count). The summed E-state index contributed by atoms with van der Waals surface area (Å²) in [6, 6.07) is 2.00. The molecule has 0 radical (unpaired) electrons. The van der Waals surface area contributed by atoms with E-state index in [0.29, 0.717) is 0 Å². The molecule has 0 amide bonds. The van der Waals surface area contributed by atoms with Crippen LogP contribution in [0.5, 0.6) is 0 Å². The molecule has 1 aromatic carbocycles. The highest BCUT2D eigenvalue weighted by molar-refractivity contribution is 6.31. The first-order chi connectivity index (χ1) is 5.16. The molecule has 0 N–H and O–H groups in total. The smallest absolute Gasteiger partial charge is 0.223 e. The highest BCUT2D eigenvalue weighted by Gasteiger charge is 2.10. The van der Waals surface area contributed by atoms with E-state index in [0.717, 1.165) is 12.1 Å². The monoisotopic (exact) mass is 173 g/mol. The standard InChI is InChI=1S/C7H2ClF2N/c1-11-5-3-2-4(9)6(8)7(5)10/h2-3H. The van der Waals surface area contributed by atoms with E-state index in [9.17, 15) is 8.78 Å². The van der Waals surface area contributed by atoms with Crippen LogP contribution < -0.4 is 0 Å². The first-order valence-electron chi connectivity index (χ1n) is 2.67. The quantitative estimate of drug-likeness (QED) is 0.419. The lowest BCUT2D eigenvalue weighted by molar-refractivity contribution is 0.588. The number of halogens is 3. The molecule has 0 bridgehead atoms. The van der Waals surface area contributed by atoms with Crippen molar-refractivity contribution >= 4 is 17.3 Å². The molecule has 0 saturated carbocycles. The molecular formula is C7H2ClF2N. The summed E-state index contributed by atoms with van der Waals surface area (Å²) in [5.74, 6) is -1.85. The number of nitrogens with zero attached hydrogens (tertiary/aromatic N) is 1. The second-order valence-electron chi connectivity index (χ2n) is 1.81. The lowest BCUT2D eigenvalue weighted by atomic mass is 10.3. The second-order valence-corrected chi connectivity index (χ2v) is 2.18. The summed E-state index contributed by atoms with van der Waals surface area (Å²) in [7, 11) is 0. The summed E-state index contributed by atoms with van der Waals surface area (Å²) < 4.78 is 25.1. The highest BCUT2D eigenvalue weighted by Crippen LogP contribution is 2.26. The molecule has 0 aliphatic carbocycles. The van der Waals surface area contributed by atoms with Crippen LogP contribution in [0.3, 0.4) is 0 Å². The molecule has 0 aromatic heterocycles. The van der Waals surface area contributed by atoms with Gasteiger partial charge < -0.3 is 0 Å². The molecule has 0 heterocycles. The van der Waals surface area contributed by atoms with Gasteiger partial charge in [-0.05, 0) is 6.07 Å². The molecule has 0 spiro atoms. The van der Waals surface area contributed by atoms with Crippen LogP contribution in [-0.2, 0) is 0 Å². The summed E-state index contributed by atoms with van der Waals surface area (Å²) in [5, 5.41) is -0.626. The van der Waals surface area contributed by atoms with E-state index in [1.165, 1.54) is 0 Å². The molecule has 1 nitrogen and oxygen atoms in total. The average Bonchev–Trinajstić information content (AvgIpc) is 2.01. The molecule has 0 atom stereocenters. The van der Waals surface area contributed by atoms with E-state index in [4.69, 9.17) is 18.2 Å². The van der Waals surface area contributed by atoms with Crippen molar-refractivity contribution in [3.05, 3.63) is 40.2 Å². The number of hydrogen-bond acceptors (Lipinski definition) is 0. The van der Waals surface area contributed by atoms with Crippen molar-refractivity contribution in [1.82, 2.24) is 0 Å². The van der Waals surface area contributed by atoms with Crippen LogP contribution in [0, 0.1) is 18.2 Å². The Hall–Kier alpha value is -1.14. The van der Waals surface area contributed by atoms with Crippen LogP contribution in [0.1, 0.15) is 0 Å². The van der Waals surface area contributed by atoms with Gasteiger partial charge in [-0.2, -0.15) is 0 Å². The van der Waals surface area contributed by atoms with Crippen molar-refractivity contribution < 1.29 is 8.78 Å². The average molecular weight is 174 g/mol. The molecule has 0 saturated heterocycles. The fourth-order valence-corrected chi connectivity index (χ4v) is 0.762. The Balaban J connectivity index is 3.40. The van der Waals surface area contributed by atoms with E-state index in [1.54, 1.807) is 0 Å². The minimum Gasteiger partial charge on any atom is -0.235 e. The Morgan fingerprint density at radius 1 is 1.36 bits per heavy atom. The van der Waals surface area contributed by atoms with Gasteiger partial charge in [0.25, 0.3) is 0 Å². The van der Waals surface area contributed by atoms with Gasteiger partial charge in [-0.3, -0.25) is 0 Å². The molecule has 11 heavy (non-hydrogen) atoms. The van der Waals surface area contributed by atoms with Gasteiger partial charge in [0.2, 0.25) is 5.69 Å². The Morgan fingerprint density at radius 3 is 2.55 bits per heavy atom. The van der Waals surface area contributed by atoms with E-state index >= 15 is 0 Å². The summed E-state index contributed by atoms with van der Waals surface area (Å²) in [4.78, 5) is 2.80. The van der Waals surface area contributed by atoms with Crippen LogP contribution in [0.15, 0.2) is 12.1 Å². The molecule has 0 fully saturated rings. The number of rotatable bonds is 0. The van der Waals surface area contributed by atoms with Crippen molar-refractivity contribution in [3.63, 3.8) is 0 Å². The van der Waals surface area contributed by atoms with Crippen LogP contribution in [0.25, 0.3) is 4.85 Å². The number of hydrogen-bond donors (Lipinski definition) is 0. The lowest BCUT2D eigenvalue weighted by Gasteiger charge is -1.96. The summed E-state index contributed by atoms with van der Waals surface area (Å²) in [6.45, 7) is 6.46. The van der Waals surface area contributed by atoms with Gasteiger partial charge in [-0.25, -0.2) is 13.6 Å². The normalized spacial score (nSPS) is 9.27. The fraction of sp³-hybridized carbons (Fsp3) is 0. The van der Waals surface area contributed by atoms with Crippen LogP contribution in [0.4, 0.5) is 14.5 Å². The Labute approximate surface area is 67.0 Å². The maximum Gasteiger partial charge on any atom is 0.223 e. The topological polar surface area (TPSA) is 4.36 Å². The van der Waals surface area contributed by atoms with Crippen molar-refractivity contribution in [3.8, 4) is 0 Å². The van der Waals surface area contributed by atoms with E-state index in [-0.39, 0.29) is 5.69 Å². The van der Waals surface area contributed by atoms with Gasteiger partial charge in [0, 0.05) is 0 Å². The van der Waals surface area contributed by atoms with Crippen molar-refractivity contribution in [2.24, 2.45) is 0 Å². The molecule has 0 aliphatic rings. The van der Waals surface area contributed by atoms with E-state index in [2.05, 4.69) is 4.85 Å². The SMILES string of the molecule is [C-]#[N+]c1ccc(F)c(Cl)c1F. The molecule has 0 aliphatic heterocycles. The number of benzene rings is 1. The summed E-state index contributed by atoms with van der Waals surface area (Å²) in [5.41, 5.74) is -0.267. The zero-order chi connectivity index (χ0) is 8.43. The first kappa shape index (κ1) is 7.96. The Kier molecular flexibility index (Phi) is 2.06. The Bertz CT molecular complexity index is 330. The molecule has 0 unspecified atom stereocenters. The third-order valence-corrected chi connectivity index (χ3v) is 1.48. The molecular weight excluding hydrogens is 172 g/mol. The largest absolute Gasteiger partial charge is 0.235 e. The fourth-order valence-electron chi connectivity index (χ4n) is 0.602. The van der Waals surface area contributed by atoms with E-state index < -0.39 is 16.7 Å².